The van der Waals surface area contributed by atoms with Crippen LogP contribution in [0.4, 0.5) is 5.69 Å². The molecule has 2 aromatic rings. The lowest BCUT2D eigenvalue weighted by Gasteiger charge is -2.21. The molecule has 1 N–H and O–H groups in total. The summed E-state index contributed by atoms with van der Waals surface area (Å²) in [5.74, 6) is 0.0528. The van der Waals surface area contributed by atoms with E-state index in [0.29, 0.717) is 30.8 Å². The molecule has 154 valence electrons. The van der Waals surface area contributed by atoms with E-state index in [0.717, 1.165) is 11.3 Å². The van der Waals surface area contributed by atoms with Crippen LogP contribution >= 0.6 is 0 Å². The molecule has 0 saturated heterocycles. The molecule has 2 amide bonds. The molecule has 0 unspecified atom stereocenters. The molecule has 0 saturated carbocycles. The van der Waals surface area contributed by atoms with Crippen molar-refractivity contribution in [2.24, 2.45) is 0 Å². The van der Waals surface area contributed by atoms with Crippen LogP contribution < -0.4 is 10.1 Å². The maximum atomic E-state index is 12.2. The third-order valence-corrected chi connectivity index (χ3v) is 4.45. The lowest BCUT2D eigenvalue weighted by atomic mass is 10.1. The number of nitrogens with zero attached hydrogens (tertiary/aromatic N) is 1. The van der Waals surface area contributed by atoms with Gasteiger partial charge >= 0.3 is 5.97 Å². The molecule has 0 bridgehead atoms. The number of rotatable bonds is 9. The highest BCUT2D eigenvalue weighted by Gasteiger charge is 2.12. The van der Waals surface area contributed by atoms with Gasteiger partial charge in [-0.1, -0.05) is 12.1 Å². The second kappa shape index (κ2) is 10.8. The number of methoxy groups -OCH3 is 2. The number of benzene rings is 2. The molecular weight excluding hydrogens is 372 g/mol. The largest absolute Gasteiger partial charge is 0.497 e. The Hall–Kier alpha value is -3.35. The van der Waals surface area contributed by atoms with Crippen LogP contribution in [0.15, 0.2) is 48.5 Å². The average Bonchev–Trinajstić information content (AvgIpc) is 2.73. The highest BCUT2D eigenvalue weighted by molar-refractivity contribution is 5.93. The van der Waals surface area contributed by atoms with Gasteiger partial charge in [-0.2, -0.15) is 0 Å². The van der Waals surface area contributed by atoms with Gasteiger partial charge in [-0.3, -0.25) is 9.59 Å². The maximum Gasteiger partial charge on any atom is 0.337 e. The molecular formula is C22H26N2O5. The summed E-state index contributed by atoms with van der Waals surface area (Å²) in [7, 11) is 2.93. The SMILES string of the molecule is COC(=O)c1ccc(NC(=O)CCN(CCc2cccc(OC)c2)C(C)=O)cc1. The van der Waals surface area contributed by atoms with E-state index in [4.69, 9.17) is 4.74 Å². The Labute approximate surface area is 170 Å². The maximum absolute atomic E-state index is 12.2. The van der Waals surface area contributed by atoms with E-state index < -0.39 is 5.97 Å². The summed E-state index contributed by atoms with van der Waals surface area (Å²) in [6.07, 6.45) is 0.851. The predicted octanol–water partition coefficient (Wildman–Crippen LogP) is 2.90. The van der Waals surface area contributed by atoms with Crippen molar-refractivity contribution in [2.75, 3.05) is 32.6 Å². The van der Waals surface area contributed by atoms with Gasteiger partial charge in [-0.15, -0.1) is 0 Å². The molecule has 2 rings (SSSR count). The lowest BCUT2D eigenvalue weighted by molar-refractivity contribution is -0.129. The van der Waals surface area contributed by atoms with E-state index in [-0.39, 0.29) is 18.2 Å². The summed E-state index contributed by atoms with van der Waals surface area (Å²) in [4.78, 5) is 37.2. The molecule has 7 heteroatoms. The Morgan fingerprint density at radius 1 is 1.00 bits per heavy atom. The standard InChI is InChI=1S/C22H26N2O5/c1-16(25)24(13-11-17-5-4-6-20(15-17)28-2)14-12-21(26)23-19-9-7-18(8-10-19)22(27)29-3/h4-10,15H,11-14H2,1-3H3,(H,23,26). The third kappa shape index (κ3) is 6.95. The predicted molar refractivity (Wildman–Crippen MR) is 110 cm³/mol. The summed E-state index contributed by atoms with van der Waals surface area (Å²) in [5.41, 5.74) is 2.05. The quantitative estimate of drug-likeness (QED) is 0.657. The van der Waals surface area contributed by atoms with Crippen molar-refractivity contribution in [1.82, 2.24) is 4.90 Å². The first-order chi connectivity index (χ1) is 13.9. The van der Waals surface area contributed by atoms with Gasteiger partial charge in [0, 0.05) is 32.1 Å². The smallest absolute Gasteiger partial charge is 0.337 e. The Bertz CT molecular complexity index is 849. The molecule has 0 aliphatic carbocycles. The summed E-state index contributed by atoms with van der Waals surface area (Å²) in [6.45, 7) is 2.34. The topological polar surface area (TPSA) is 84.9 Å². The van der Waals surface area contributed by atoms with Crippen LogP contribution in [0.3, 0.4) is 0 Å². The van der Waals surface area contributed by atoms with Crippen LogP contribution in [0, 0.1) is 0 Å². The summed E-state index contributed by atoms with van der Waals surface area (Å²) in [5, 5.41) is 2.76. The normalized spacial score (nSPS) is 10.2. The average molecular weight is 398 g/mol. The highest BCUT2D eigenvalue weighted by Crippen LogP contribution is 2.14. The third-order valence-electron chi connectivity index (χ3n) is 4.45. The number of hydrogen-bond donors (Lipinski definition) is 1. The van der Waals surface area contributed by atoms with E-state index in [9.17, 15) is 14.4 Å². The van der Waals surface area contributed by atoms with Crippen LogP contribution in [0.25, 0.3) is 0 Å². The van der Waals surface area contributed by atoms with Crippen LogP contribution in [0.1, 0.15) is 29.3 Å². The van der Waals surface area contributed by atoms with E-state index in [1.54, 1.807) is 36.3 Å². The molecule has 0 aromatic heterocycles. The Morgan fingerprint density at radius 2 is 1.72 bits per heavy atom. The van der Waals surface area contributed by atoms with Gasteiger partial charge in [0.05, 0.1) is 19.8 Å². The van der Waals surface area contributed by atoms with Crippen LogP contribution in [-0.2, 0) is 20.7 Å². The Morgan fingerprint density at radius 3 is 2.34 bits per heavy atom. The van der Waals surface area contributed by atoms with Gasteiger partial charge in [0.2, 0.25) is 11.8 Å². The number of carbonyl (C=O) groups excluding carboxylic acids is 3. The fourth-order valence-electron chi connectivity index (χ4n) is 2.79. The molecule has 0 aliphatic rings. The number of carbonyl (C=O) groups is 3. The van der Waals surface area contributed by atoms with Gasteiger partial charge < -0.3 is 19.7 Å². The number of amides is 2. The number of ether oxygens (including phenoxy) is 2. The summed E-state index contributed by atoms with van der Waals surface area (Å²) >= 11 is 0. The van der Waals surface area contributed by atoms with Crippen molar-refractivity contribution < 1.29 is 23.9 Å². The summed E-state index contributed by atoms with van der Waals surface area (Å²) in [6, 6.07) is 14.1. The first-order valence-corrected chi connectivity index (χ1v) is 9.29. The van der Waals surface area contributed by atoms with Gasteiger partial charge in [0.15, 0.2) is 0 Å². The van der Waals surface area contributed by atoms with E-state index in [1.807, 2.05) is 24.3 Å². The molecule has 2 aromatic carbocycles. The van der Waals surface area contributed by atoms with Crippen molar-refractivity contribution in [3.63, 3.8) is 0 Å². The van der Waals surface area contributed by atoms with Gasteiger partial charge in [0.1, 0.15) is 5.75 Å². The van der Waals surface area contributed by atoms with Crippen molar-refractivity contribution >= 4 is 23.5 Å². The zero-order valence-electron chi connectivity index (χ0n) is 16.9. The zero-order valence-corrected chi connectivity index (χ0v) is 16.9. The number of nitrogens with one attached hydrogen (secondary N) is 1. The fraction of sp³-hybridized carbons (Fsp3) is 0.318. The molecule has 0 heterocycles. The molecule has 0 spiro atoms. The van der Waals surface area contributed by atoms with E-state index >= 15 is 0 Å². The minimum Gasteiger partial charge on any atom is -0.497 e. The number of esters is 1. The molecule has 29 heavy (non-hydrogen) atoms. The summed E-state index contributed by atoms with van der Waals surface area (Å²) < 4.78 is 9.85. The number of anilines is 1. The minimum absolute atomic E-state index is 0.0804. The van der Waals surface area contributed by atoms with Crippen molar-refractivity contribution in [3.05, 3.63) is 59.7 Å². The minimum atomic E-state index is -0.434. The van der Waals surface area contributed by atoms with Crippen molar-refractivity contribution in [3.8, 4) is 5.75 Å². The van der Waals surface area contributed by atoms with Crippen molar-refractivity contribution in [2.45, 2.75) is 19.8 Å². The van der Waals surface area contributed by atoms with Gasteiger partial charge in [-0.05, 0) is 48.4 Å². The zero-order chi connectivity index (χ0) is 21.2. The first kappa shape index (κ1) is 21.9. The van der Waals surface area contributed by atoms with Gasteiger partial charge in [0.25, 0.3) is 0 Å². The van der Waals surface area contributed by atoms with E-state index in [2.05, 4.69) is 10.1 Å². The fourth-order valence-corrected chi connectivity index (χ4v) is 2.79. The lowest BCUT2D eigenvalue weighted by Crippen LogP contribution is -2.33. The second-order valence-electron chi connectivity index (χ2n) is 6.47. The first-order valence-electron chi connectivity index (χ1n) is 9.29. The van der Waals surface area contributed by atoms with Crippen LogP contribution in [-0.4, -0.2) is 50.0 Å². The van der Waals surface area contributed by atoms with Gasteiger partial charge in [-0.25, -0.2) is 4.79 Å². The molecule has 7 nitrogen and oxygen atoms in total. The van der Waals surface area contributed by atoms with E-state index in [1.165, 1.54) is 14.0 Å². The van der Waals surface area contributed by atoms with Crippen molar-refractivity contribution in [1.29, 1.82) is 0 Å². The monoisotopic (exact) mass is 398 g/mol. The van der Waals surface area contributed by atoms with Crippen LogP contribution in [0.5, 0.6) is 5.75 Å². The Balaban J connectivity index is 1.85. The molecule has 0 atom stereocenters. The molecule has 0 radical (unpaired) electrons. The molecule has 0 aliphatic heterocycles. The number of hydrogen-bond acceptors (Lipinski definition) is 5. The second-order valence-corrected chi connectivity index (χ2v) is 6.47. The molecule has 0 fully saturated rings. The Kier molecular flexibility index (Phi) is 8.21. The highest BCUT2D eigenvalue weighted by atomic mass is 16.5. The van der Waals surface area contributed by atoms with Crippen LogP contribution in [0.2, 0.25) is 0 Å².